The number of nitrogens with zero attached hydrogens (tertiary/aromatic N) is 3. The van der Waals surface area contributed by atoms with E-state index in [1.165, 1.54) is 22.0 Å². The fourth-order valence-electron chi connectivity index (χ4n) is 3.55. The number of pyridine rings is 1. The number of para-hydroxylation sites is 1. The van der Waals surface area contributed by atoms with Gasteiger partial charge in [0.05, 0.1) is 25.8 Å². The average Bonchev–Trinajstić information content (AvgIpc) is 3.45. The quantitative estimate of drug-likeness (QED) is 0.266. The number of aromatic nitrogens is 3. The molecule has 0 atom stereocenters. The van der Waals surface area contributed by atoms with Crippen molar-refractivity contribution in [1.82, 2.24) is 14.5 Å². The van der Waals surface area contributed by atoms with Crippen molar-refractivity contribution in [3.05, 3.63) is 104 Å². The number of benzene rings is 2. The number of fused-ring (bicyclic) bond motifs is 1. The van der Waals surface area contributed by atoms with E-state index >= 15 is 0 Å². The second-order valence-electron chi connectivity index (χ2n) is 7.75. The van der Waals surface area contributed by atoms with Gasteiger partial charge in [-0.05, 0) is 30.7 Å². The summed E-state index contributed by atoms with van der Waals surface area (Å²) in [6.07, 6.45) is 2.57. The van der Waals surface area contributed by atoms with E-state index in [1.54, 1.807) is 30.5 Å². The van der Waals surface area contributed by atoms with Gasteiger partial charge in [0.1, 0.15) is 12.4 Å². The van der Waals surface area contributed by atoms with Crippen LogP contribution in [0.2, 0.25) is 0 Å². The van der Waals surface area contributed by atoms with Crippen molar-refractivity contribution in [1.29, 1.82) is 0 Å². The summed E-state index contributed by atoms with van der Waals surface area (Å²) in [4.78, 5) is 35.3. The molecule has 5 aromatic rings. The Morgan fingerprint density at radius 2 is 1.79 bits per heavy atom. The predicted octanol–water partition coefficient (Wildman–Crippen LogP) is 5.61. The van der Waals surface area contributed by atoms with Crippen LogP contribution in [0.5, 0.6) is 5.75 Å². The van der Waals surface area contributed by atoms with Gasteiger partial charge in [0.15, 0.2) is 10.9 Å². The molecule has 0 unspecified atom stereocenters. The molecule has 0 aliphatic rings. The van der Waals surface area contributed by atoms with E-state index in [0.717, 1.165) is 20.8 Å². The van der Waals surface area contributed by atoms with Crippen LogP contribution >= 0.6 is 22.7 Å². The van der Waals surface area contributed by atoms with Crippen LogP contribution in [0.4, 0.5) is 0 Å². The van der Waals surface area contributed by atoms with E-state index in [2.05, 4.69) is 9.97 Å². The van der Waals surface area contributed by atoms with Crippen molar-refractivity contribution >= 4 is 38.7 Å². The van der Waals surface area contributed by atoms with E-state index in [0.29, 0.717) is 40.9 Å². The lowest BCUT2D eigenvalue weighted by atomic mass is 10.2. The van der Waals surface area contributed by atoms with Crippen molar-refractivity contribution in [3.8, 4) is 10.9 Å². The number of carbonyl (C=O) groups excluding carboxylic acids is 1. The molecular formula is C26H21N3O3S2. The Labute approximate surface area is 204 Å². The molecule has 5 rings (SSSR count). The van der Waals surface area contributed by atoms with Gasteiger partial charge in [0, 0.05) is 25.1 Å². The van der Waals surface area contributed by atoms with E-state index < -0.39 is 0 Å². The molecule has 0 radical (unpaired) electrons. The van der Waals surface area contributed by atoms with E-state index in [1.807, 2.05) is 54.6 Å². The molecule has 0 aliphatic heterocycles. The Kier molecular flexibility index (Phi) is 6.33. The maximum atomic E-state index is 12.9. The van der Waals surface area contributed by atoms with Gasteiger partial charge in [-0.25, -0.2) is 9.97 Å². The molecule has 6 nitrogen and oxygen atoms in total. The van der Waals surface area contributed by atoms with Gasteiger partial charge in [0.25, 0.3) is 5.56 Å². The number of thiazole rings is 2. The summed E-state index contributed by atoms with van der Waals surface area (Å²) in [5.41, 5.74) is 2.36. The summed E-state index contributed by atoms with van der Waals surface area (Å²) in [7, 11) is 0. The van der Waals surface area contributed by atoms with E-state index in [-0.39, 0.29) is 11.3 Å². The van der Waals surface area contributed by atoms with Crippen LogP contribution in [0.15, 0.2) is 77.7 Å². The first-order chi connectivity index (χ1) is 16.6. The molecule has 34 heavy (non-hydrogen) atoms. The molecule has 0 aliphatic carbocycles. The lowest BCUT2D eigenvalue weighted by Gasteiger charge is -2.07. The van der Waals surface area contributed by atoms with Crippen LogP contribution in [0, 0.1) is 6.92 Å². The zero-order valence-electron chi connectivity index (χ0n) is 18.4. The topological polar surface area (TPSA) is 74.1 Å². The fraction of sp³-hybridized carbons (Fsp3) is 0.154. The highest BCUT2D eigenvalue weighted by atomic mass is 32.1. The first-order valence-electron chi connectivity index (χ1n) is 10.8. The minimum Gasteiger partial charge on any atom is -0.489 e. The predicted molar refractivity (Wildman–Crippen MR) is 135 cm³/mol. The van der Waals surface area contributed by atoms with E-state index in [4.69, 9.17) is 4.74 Å². The molecule has 2 aromatic carbocycles. The molecule has 170 valence electrons. The van der Waals surface area contributed by atoms with E-state index in [9.17, 15) is 9.59 Å². The lowest BCUT2D eigenvalue weighted by molar-refractivity contribution is 0.0986. The average molecular weight is 488 g/mol. The first kappa shape index (κ1) is 22.2. The lowest BCUT2D eigenvalue weighted by Crippen LogP contribution is -2.16. The molecule has 8 heteroatoms. The second kappa shape index (κ2) is 9.70. The molecule has 0 spiro atoms. The Balaban J connectivity index is 1.27. The summed E-state index contributed by atoms with van der Waals surface area (Å²) in [5.74, 6) is 0.502. The fourth-order valence-corrected chi connectivity index (χ4v) is 5.54. The Morgan fingerprint density at radius 3 is 2.59 bits per heavy atom. The minimum absolute atomic E-state index is 0.0105. The number of rotatable bonds is 8. The van der Waals surface area contributed by atoms with Crippen molar-refractivity contribution in [2.75, 3.05) is 0 Å². The van der Waals surface area contributed by atoms with Gasteiger partial charge in [-0.2, -0.15) is 0 Å². The van der Waals surface area contributed by atoms with Crippen LogP contribution in [0.1, 0.15) is 32.4 Å². The number of hydrogen-bond donors (Lipinski definition) is 0. The summed E-state index contributed by atoms with van der Waals surface area (Å²) in [6, 6.07) is 20.9. The highest BCUT2D eigenvalue weighted by Crippen LogP contribution is 2.26. The highest BCUT2D eigenvalue weighted by Gasteiger charge is 2.18. The minimum atomic E-state index is -0.257. The molecular weight excluding hydrogens is 466 g/mol. The SMILES string of the molecule is Cc1nc(-n2ccc(OCc3ccccc3)cc2=O)sc1C(=O)CCc1nc2ccccc2s1. The molecule has 0 amide bonds. The number of Topliss-reactive ketones (excluding diaryl/α,β-unsaturated/α-hetero) is 1. The molecule has 0 fully saturated rings. The third-order valence-electron chi connectivity index (χ3n) is 5.29. The standard InChI is InChI=1S/C26H21N3O3S2/c1-17-25(21(30)11-12-23-28-20-9-5-6-10-22(20)33-23)34-26(27-17)29-14-13-19(15-24(29)31)32-16-18-7-3-2-4-8-18/h2-10,13-15H,11-12,16H2,1H3. The number of aryl methyl sites for hydroxylation is 2. The van der Waals surface area contributed by atoms with Crippen LogP contribution < -0.4 is 10.3 Å². The number of carbonyl (C=O) groups is 1. The number of hydrogen-bond acceptors (Lipinski definition) is 7. The zero-order chi connectivity index (χ0) is 23.5. The number of ketones is 1. The van der Waals surface area contributed by atoms with Gasteiger partial charge in [-0.3, -0.25) is 14.2 Å². The molecule has 0 bridgehead atoms. The van der Waals surface area contributed by atoms with Gasteiger partial charge < -0.3 is 4.74 Å². The maximum Gasteiger partial charge on any atom is 0.260 e. The summed E-state index contributed by atoms with van der Waals surface area (Å²) in [5, 5.41) is 1.42. The molecule has 0 saturated carbocycles. The smallest absolute Gasteiger partial charge is 0.260 e. The van der Waals surface area contributed by atoms with Crippen LogP contribution in [-0.2, 0) is 13.0 Å². The maximum absolute atomic E-state index is 12.9. The largest absolute Gasteiger partial charge is 0.489 e. The summed E-state index contributed by atoms with van der Waals surface area (Å²) < 4.78 is 8.30. The first-order valence-corrected chi connectivity index (χ1v) is 12.4. The van der Waals surface area contributed by atoms with Crippen molar-refractivity contribution in [3.63, 3.8) is 0 Å². The zero-order valence-corrected chi connectivity index (χ0v) is 20.1. The monoisotopic (exact) mass is 487 g/mol. The van der Waals surface area contributed by atoms with Crippen LogP contribution in [0.25, 0.3) is 15.3 Å². The molecule has 3 heterocycles. The Bertz CT molecular complexity index is 1490. The second-order valence-corrected chi connectivity index (χ2v) is 9.85. The van der Waals surface area contributed by atoms with Crippen molar-refractivity contribution < 1.29 is 9.53 Å². The third kappa shape index (κ3) is 4.83. The van der Waals surface area contributed by atoms with Gasteiger partial charge in [-0.15, -0.1) is 11.3 Å². The molecule has 0 saturated heterocycles. The summed E-state index contributed by atoms with van der Waals surface area (Å²) in [6.45, 7) is 2.18. The Hall–Kier alpha value is -3.62. The Morgan fingerprint density at radius 1 is 1.00 bits per heavy atom. The van der Waals surface area contributed by atoms with Gasteiger partial charge in [-0.1, -0.05) is 53.8 Å². The summed E-state index contributed by atoms with van der Waals surface area (Å²) >= 11 is 2.85. The number of ether oxygens (including phenoxy) is 1. The molecule has 0 N–H and O–H groups in total. The highest BCUT2D eigenvalue weighted by molar-refractivity contribution is 7.18. The normalized spacial score (nSPS) is 11.1. The van der Waals surface area contributed by atoms with Crippen molar-refractivity contribution in [2.45, 2.75) is 26.4 Å². The van der Waals surface area contributed by atoms with Crippen molar-refractivity contribution in [2.24, 2.45) is 0 Å². The third-order valence-corrected chi connectivity index (χ3v) is 7.58. The molecule has 3 aromatic heterocycles. The van der Waals surface area contributed by atoms with Gasteiger partial charge >= 0.3 is 0 Å². The van der Waals surface area contributed by atoms with Crippen LogP contribution in [-0.4, -0.2) is 20.3 Å². The van der Waals surface area contributed by atoms with Gasteiger partial charge in [0.2, 0.25) is 0 Å². The van der Waals surface area contributed by atoms with Crippen LogP contribution in [0.3, 0.4) is 0 Å².